The number of pyridine rings is 1. The van der Waals surface area contributed by atoms with Crippen LogP contribution >= 0.6 is 0 Å². The highest BCUT2D eigenvalue weighted by molar-refractivity contribution is 5.61. The van der Waals surface area contributed by atoms with Crippen molar-refractivity contribution in [2.75, 3.05) is 5.73 Å². The van der Waals surface area contributed by atoms with Gasteiger partial charge in [-0.2, -0.15) is 0 Å². The molecule has 0 aliphatic rings. The summed E-state index contributed by atoms with van der Waals surface area (Å²) in [6.07, 6.45) is 6.92. The second kappa shape index (κ2) is 6.20. The van der Waals surface area contributed by atoms with Crippen LogP contribution in [0.3, 0.4) is 0 Å². The number of nitrogen functional groups attached to an aromatic ring is 1. The Labute approximate surface area is 109 Å². The lowest BCUT2D eigenvalue weighted by Gasteiger charge is -2.04. The zero-order chi connectivity index (χ0) is 12.8. The van der Waals surface area contributed by atoms with Crippen molar-refractivity contribution < 1.29 is 0 Å². The molecule has 0 bridgehead atoms. The van der Waals surface area contributed by atoms with Crippen molar-refractivity contribution in [3.63, 3.8) is 0 Å². The van der Waals surface area contributed by atoms with Gasteiger partial charge in [0.2, 0.25) is 0 Å². The maximum Gasteiger partial charge on any atom is 0.0702 e. The van der Waals surface area contributed by atoms with Crippen molar-refractivity contribution >= 4 is 5.69 Å². The van der Waals surface area contributed by atoms with Gasteiger partial charge in [-0.25, -0.2) is 0 Å². The van der Waals surface area contributed by atoms with Crippen LogP contribution in [0.4, 0.5) is 5.69 Å². The van der Waals surface area contributed by atoms with Gasteiger partial charge in [0.15, 0.2) is 0 Å². The van der Waals surface area contributed by atoms with Gasteiger partial charge in [0.25, 0.3) is 0 Å². The van der Waals surface area contributed by atoms with E-state index < -0.39 is 0 Å². The molecule has 0 amide bonds. The number of nitrogens with zero attached hydrogens (tertiary/aromatic N) is 1. The molecular weight excluding hydrogens is 220 g/mol. The van der Waals surface area contributed by atoms with Crippen molar-refractivity contribution in [3.8, 4) is 11.3 Å². The minimum atomic E-state index is 0.787. The average Bonchev–Trinajstić information content (AvgIpc) is 2.41. The number of nitrogens with two attached hydrogens (primary N) is 1. The predicted octanol–water partition coefficient (Wildman–Crippen LogP) is 4.06. The van der Waals surface area contributed by atoms with Crippen LogP contribution in [0.5, 0.6) is 0 Å². The van der Waals surface area contributed by atoms with Crippen LogP contribution in [0.1, 0.15) is 31.7 Å². The van der Waals surface area contributed by atoms with Crippen LogP contribution in [0.2, 0.25) is 0 Å². The zero-order valence-electron chi connectivity index (χ0n) is 10.9. The highest BCUT2D eigenvalue weighted by Crippen LogP contribution is 2.18. The van der Waals surface area contributed by atoms with Crippen molar-refractivity contribution in [3.05, 3.63) is 48.2 Å². The molecule has 94 valence electrons. The van der Waals surface area contributed by atoms with Crippen molar-refractivity contribution in [2.45, 2.75) is 32.6 Å². The molecule has 2 heteroatoms. The maximum absolute atomic E-state index is 5.68. The van der Waals surface area contributed by atoms with Gasteiger partial charge in [0.1, 0.15) is 0 Å². The highest BCUT2D eigenvalue weighted by Gasteiger charge is 1.99. The molecule has 0 radical (unpaired) electrons. The van der Waals surface area contributed by atoms with Crippen LogP contribution in [-0.4, -0.2) is 4.98 Å². The predicted molar refractivity (Wildman–Crippen MR) is 77.3 cm³/mol. The summed E-state index contributed by atoms with van der Waals surface area (Å²) in [6.45, 7) is 2.22. The van der Waals surface area contributed by atoms with E-state index in [0.29, 0.717) is 0 Å². The summed E-state index contributed by atoms with van der Waals surface area (Å²) >= 11 is 0. The molecule has 0 saturated carbocycles. The fraction of sp³-hybridized carbons (Fsp3) is 0.312. The molecule has 18 heavy (non-hydrogen) atoms. The van der Waals surface area contributed by atoms with E-state index in [2.05, 4.69) is 24.0 Å². The quantitative estimate of drug-likeness (QED) is 0.632. The summed E-state index contributed by atoms with van der Waals surface area (Å²) in [5.41, 5.74) is 9.91. The number of benzene rings is 1. The molecule has 0 aliphatic heterocycles. The molecule has 2 aromatic rings. The first-order valence-electron chi connectivity index (χ1n) is 6.60. The number of anilines is 1. The number of hydrogen-bond acceptors (Lipinski definition) is 2. The Balaban J connectivity index is 2.05. The van der Waals surface area contributed by atoms with E-state index in [4.69, 9.17) is 5.73 Å². The number of hydrogen-bond donors (Lipinski definition) is 1. The molecule has 0 saturated heterocycles. The highest BCUT2D eigenvalue weighted by atomic mass is 14.7. The lowest BCUT2D eigenvalue weighted by molar-refractivity contribution is 0.716. The van der Waals surface area contributed by atoms with E-state index >= 15 is 0 Å². The lowest BCUT2D eigenvalue weighted by atomic mass is 10.1. The molecule has 1 aromatic heterocycles. The molecule has 2 rings (SSSR count). The molecule has 2 N–H and O–H groups in total. The molecule has 1 heterocycles. The van der Waals surface area contributed by atoms with Gasteiger partial charge in [0.05, 0.1) is 5.69 Å². The Hall–Kier alpha value is -1.83. The van der Waals surface area contributed by atoms with Gasteiger partial charge in [-0.05, 0) is 36.6 Å². The monoisotopic (exact) mass is 240 g/mol. The van der Waals surface area contributed by atoms with E-state index in [-0.39, 0.29) is 0 Å². The second-order valence-corrected chi connectivity index (χ2v) is 4.63. The summed E-state index contributed by atoms with van der Waals surface area (Å²) in [5, 5.41) is 0. The van der Waals surface area contributed by atoms with Crippen LogP contribution in [0.15, 0.2) is 42.6 Å². The Morgan fingerprint density at radius 1 is 1.00 bits per heavy atom. The summed E-state index contributed by atoms with van der Waals surface area (Å²) in [4.78, 5) is 4.52. The number of aromatic nitrogens is 1. The van der Waals surface area contributed by atoms with Crippen molar-refractivity contribution in [1.29, 1.82) is 0 Å². The first-order chi connectivity index (χ1) is 8.79. The first kappa shape index (κ1) is 12.6. The molecule has 0 spiro atoms. The summed E-state index contributed by atoms with van der Waals surface area (Å²) in [6, 6.07) is 12.1. The van der Waals surface area contributed by atoms with Crippen LogP contribution in [0, 0.1) is 0 Å². The van der Waals surface area contributed by atoms with Crippen LogP contribution in [0.25, 0.3) is 11.3 Å². The van der Waals surface area contributed by atoms with Crippen molar-refractivity contribution in [2.24, 2.45) is 0 Å². The molecule has 2 nitrogen and oxygen atoms in total. The topological polar surface area (TPSA) is 38.9 Å². The SMILES string of the molecule is CCCCCc1ccc(-c2ccc(N)cc2)nc1. The Bertz CT molecular complexity index is 471. The van der Waals surface area contributed by atoms with E-state index in [9.17, 15) is 0 Å². The molecule has 0 atom stereocenters. The standard InChI is InChI=1S/C16H20N2/c1-2-3-4-5-13-6-11-16(18-12-13)14-7-9-15(17)10-8-14/h6-12H,2-5,17H2,1H3. The van der Waals surface area contributed by atoms with Gasteiger partial charge < -0.3 is 5.73 Å². The third kappa shape index (κ3) is 3.33. The Kier molecular flexibility index (Phi) is 4.35. The number of rotatable bonds is 5. The van der Waals surface area contributed by atoms with E-state index in [1.165, 1.54) is 24.8 Å². The minimum Gasteiger partial charge on any atom is -0.399 e. The average molecular weight is 240 g/mol. The number of aryl methyl sites for hydroxylation is 1. The normalized spacial score (nSPS) is 10.5. The molecular formula is C16H20N2. The largest absolute Gasteiger partial charge is 0.399 e. The smallest absolute Gasteiger partial charge is 0.0702 e. The maximum atomic E-state index is 5.68. The third-order valence-electron chi connectivity index (χ3n) is 3.10. The van der Waals surface area contributed by atoms with E-state index in [1.54, 1.807) is 0 Å². The lowest BCUT2D eigenvalue weighted by Crippen LogP contribution is -1.90. The van der Waals surface area contributed by atoms with Crippen LogP contribution < -0.4 is 5.73 Å². The van der Waals surface area contributed by atoms with Gasteiger partial charge >= 0.3 is 0 Å². The molecule has 0 aliphatic carbocycles. The fourth-order valence-corrected chi connectivity index (χ4v) is 1.98. The third-order valence-corrected chi connectivity index (χ3v) is 3.10. The van der Waals surface area contributed by atoms with Gasteiger partial charge in [-0.3, -0.25) is 4.98 Å². The van der Waals surface area contributed by atoms with E-state index in [0.717, 1.165) is 23.4 Å². The van der Waals surface area contributed by atoms with Gasteiger partial charge in [-0.15, -0.1) is 0 Å². The summed E-state index contributed by atoms with van der Waals surface area (Å²) in [5.74, 6) is 0. The molecule has 0 unspecified atom stereocenters. The summed E-state index contributed by atoms with van der Waals surface area (Å²) in [7, 11) is 0. The Morgan fingerprint density at radius 2 is 1.78 bits per heavy atom. The van der Waals surface area contributed by atoms with Gasteiger partial charge in [-0.1, -0.05) is 38.0 Å². The minimum absolute atomic E-state index is 0.787. The van der Waals surface area contributed by atoms with E-state index in [1.807, 2.05) is 30.5 Å². The van der Waals surface area contributed by atoms with Crippen LogP contribution in [-0.2, 0) is 6.42 Å². The fourth-order valence-electron chi connectivity index (χ4n) is 1.98. The summed E-state index contributed by atoms with van der Waals surface area (Å²) < 4.78 is 0. The Morgan fingerprint density at radius 3 is 2.39 bits per heavy atom. The van der Waals surface area contributed by atoms with Gasteiger partial charge in [0, 0.05) is 17.4 Å². The second-order valence-electron chi connectivity index (χ2n) is 4.63. The van der Waals surface area contributed by atoms with Crippen molar-refractivity contribution in [1.82, 2.24) is 4.98 Å². The zero-order valence-corrected chi connectivity index (χ0v) is 10.9. The molecule has 1 aromatic carbocycles. The number of unbranched alkanes of at least 4 members (excludes halogenated alkanes) is 2. The molecule has 0 fully saturated rings. The first-order valence-corrected chi connectivity index (χ1v) is 6.60.